The lowest BCUT2D eigenvalue weighted by molar-refractivity contribution is 0.0690. The van der Waals surface area contributed by atoms with E-state index in [0.717, 1.165) is 0 Å². The second-order valence-electron chi connectivity index (χ2n) is 4.16. The Labute approximate surface area is 99.4 Å². The summed E-state index contributed by atoms with van der Waals surface area (Å²) in [6.07, 6.45) is 1.38. The van der Waals surface area contributed by atoms with Gasteiger partial charge in [0.2, 0.25) is 0 Å². The third-order valence-electron chi connectivity index (χ3n) is 2.51. The molecule has 7 nitrogen and oxygen atoms in total. The second-order valence-corrected chi connectivity index (χ2v) is 4.16. The number of carbonyl (C=O) groups is 1. The Morgan fingerprint density at radius 1 is 1.59 bits per heavy atom. The lowest BCUT2D eigenvalue weighted by Gasteiger charge is -2.19. The molecular formula is C10H18N4O3. The Bertz CT molecular complexity index is 364. The highest BCUT2D eigenvalue weighted by Gasteiger charge is 2.11. The van der Waals surface area contributed by atoms with Gasteiger partial charge in [-0.2, -0.15) is 0 Å². The first-order valence-electron chi connectivity index (χ1n) is 5.52. The Morgan fingerprint density at radius 3 is 2.76 bits per heavy atom. The van der Waals surface area contributed by atoms with Crippen LogP contribution in [0.15, 0.2) is 6.20 Å². The van der Waals surface area contributed by atoms with Gasteiger partial charge in [-0.15, -0.1) is 5.10 Å². The predicted octanol–water partition coefficient (Wildman–Crippen LogP) is -0.417. The SMILES string of the molecule is CC(C)C(CO)NCCn1cc(C(=O)O)nn1. The van der Waals surface area contributed by atoms with Crippen LogP contribution in [0.5, 0.6) is 0 Å². The largest absolute Gasteiger partial charge is 0.476 e. The third kappa shape index (κ3) is 4.12. The average molecular weight is 242 g/mol. The number of aliphatic hydroxyl groups excluding tert-OH is 1. The fraction of sp³-hybridized carbons (Fsp3) is 0.700. The highest BCUT2D eigenvalue weighted by Crippen LogP contribution is 2.00. The summed E-state index contributed by atoms with van der Waals surface area (Å²) < 4.78 is 1.46. The zero-order chi connectivity index (χ0) is 12.8. The minimum Gasteiger partial charge on any atom is -0.476 e. The van der Waals surface area contributed by atoms with E-state index in [2.05, 4.69) is 15.6 Å². The molecule has 0 amide bonds. The van der Waals surface area contributed by atoms with Crippen LogP contribution in [0.1, 0.15) is 24.3 Å². The minimum atomic E-state index is -1.08. The molecule has 0 saturated carbocycles. The van der Waals surface area contributed by atoms with Crippen molar-refractivity contribution in [2.75, 3.05) is 13.2 Å². The van der Waals surface area contributed by atoms with Crippen LogP contribution in [0.3, 0.4) is 0 Å². The maximum Gasteiger partial charge on any atom is 0.358 e. The van der Waals surface area contributed by atoms with Gasteiger partial charge in [0, 0.05) is 12.6 Å². The molecule has 0 bridgehead atoms. The average Bonchev–Trinajstić information content (AvgIpc) is 2.72. The molecule has 0 saturated heterocycles. The maximum atomic E-state index is 10.6. The molecular weight excluding hydrogens is 224 g/mol. The fourth-order valence-electron chi connectivity index (χ4n) is 1.38. The molecule has 1 aromatic heterocycles. The van der Waals surface area contributed by atoms with Crippen molar-refractivity contribution >= 4 is 5.97 Å². The fourth-order valence-corrected chi connectivity index (χ4v) is 1.38. The maximum absolute atomic E-state index is 10.6. The predicted molar refractivity (Wildman–Crippen MR) is 60.7 cm³/mol. The number of nitrogens with one attached hydrogen (secondary N) is 1. The second kappa shape index (κ2) is 6.31. The first-order valence-corrected chi connectivity index (χ1v) is 5.52. The van der Waals surface area contributed by atoms with Gasteiger partial charge >= 0.3 is 5.97 Å². The standard InChI is InChI=1S/C10H18N4O3/c1-7(2)9(6-15)11-3-4-14-5-8(10(16)17)12-13-14/h5,7,9,11,15H,3-4,6H2,1-2H3,(H,16,17). The van der Waals surface area contributed by atoms with Gasteiger partial charge in [0.15, 0.2) is 5.69 Å². The number of aliphatic hydroxyl groups is 1. The van der Waals surface area contributed by atoms with Crippen molar-refractivity contribution < 1.29 is 15.0 Å². The molecule has 1 rings (SSSR count). The van der Waals surface area contributed by atoms with E-state index in [4.69, 9.17) is 10.2 Å². The molecule has 1 aromatic rings. The van der Waals surface area contributed by atoms with Crippen LogP contribution in [0.25, 0.3) is 0 Å². The molecule has 0 aliphatic rings. The molecule has 0 spiro atoms. The van der Waals surface area contributed by atoms with Crippen molar-refractivity contribution in [3.63, 3.8) is 0 Å². The van der Waals surface area contributed by atoms with E-state index in [1.54, 1.807) is 0 Å². The summed E-state index contributed by atoms with van der Waals surface area (Å²) in [5, 5.41) is 28.1. The summed E-state index contributed by atoms with van der Waals surface area (Å²) in [5.74, 6) is -0.745. The van der Waals surface area contributed by atoms with E-state index in [0.29, 0.717) is 19.0 Å². The lowest BCUT2D eigenvalue weighted by Crippen LogP contribution is -2.38. The molecule has 0 aliphatic carbocycles. The number of hydrogen-bond donors (Lipinski definition) is 3. The molecule has 17 heavy (non-hydrogen) atoms. The Hall–Kier alpha value is -1.47. The molecule has 3 N–H and O–H groups in total. The number of carboxylic acids is 1. The molecule has 0 aliphatic heterocycles. The zero-order valence-corrected chi connectivity index (χ0v) is 10.00. The van der Waals surface area contributed by atoms with Crippen LogP contribution in [-0.2, 0) is 6.54 Å². The Kier molecular flexibility index (Phi) is 5.05. The number of rotatable bonds is 7. The van der Waals surface area contributed by atoms with Crippen LogP contribution < -0.4 is 5.32 Å². The Balaban J connectivity index is 2.37. The molecule has 0 fully saturated rings. The van der Waals surface area contributed by atoms with E-state index in [-0.39, 0.29) is 18.3 Å². The van der Waals surface area contributed by atoms with Crippen molar-refractivity contribution in [3.8, 4) is 0 Å². The van der Waals surface area contributed by atoms with Gasteiger partial charge in [-0.3, -0.25) is 4.68 Å². The topological polar surface area (TPSA) is 100 Å². The van der Waals surface area contributed by atoms with Crippen molar-refractivity contribution in [2.24, 2.45) is 5.92 Å². The molecule has 7 heteroatoms. The van der Waals surface area contributed by atoms with Crippen LogP contribution >= 0.6 is 0 Å². The van der Waals surface area contributed by atoms with Crippen molar-refractivity contribution in [2.45, 2.75) is 26.4 Å². The number of nitrogens with zero attached hydrogens (tertiary/aromatic N) is 3. The van der Waals surface area contributed by atoms with Gasteiger partial charge in [-0.25, -0.2) is 4.79 Å². The molecule has 96 valence electrons. The summed E-state index contributed by atoms with van der Waals surface area (Å²) in [6.45, 7) is 5.24. The number of aromatic nitrogens is 3. The summed E-state index contributed by atoms with van der Waals surface area (Å²) in [6, 6.07) is 0.0393. The summed E-state index contributed by atoms with van der Waals surface area (Å²) in [5.41, 5.74) is -0.0624. The molecule has 1 atom stereocenters. The first-order chi connectivity index (χ1) is 8.04. The summed E-state index contributed by atoms with van der Waals surface area (Å²) in [4.78, 5) is 10.6. The third-order valence-corrected chi connectivity index (χ3v) is 2.51. The van der Waals surface area contributed by atoms with Crippen molar-refractivity contribution in [3.05, 3.63) is 11.9 Å². The van der Waals surface area contributed by atoms with Crippen molar-refractivity contribution in [1.82, 2.24) is 20.3 Å². The smallest absolute Gasteiger partial charge is 0.358 e. The normalized spacial score (nSPS) is 12.9. The van der Waals surface area contributed by atoms with E-state index in [1.165, 1.54) is 10.9 Å². The quantitative estimate of drug-likeness (QED) is 0.600. The van der Waals surface area contributed by atoms with Crippen molar-refractivity contribution in [1.29, 1.82) is 0 Å². The number of hydrogen-bond acceptors (Lipinski definition) is 5. The van der Waals surface area contributed by atoms with Gasteiger partial charge in [-0.05, 0) is 5.92 Å². The monoisotopic (exact) mass is 242 g/mol. The van der Waals surface area contributed by atoms with Crippen LogP contribution in [-0.4, -0.2) is 50.4 Å². The number of carboxylic acid groups (broad SMARTS) is 1. The lowest BCUT2D eigenvalue weighted by atomic mass is 10.1. The highest BCUT2D eigenvalue weighted by molar-refractivity contribution is 5.84. The molecule has 1 heterocycles. The Morgan fingerprint density at radius 2 is 2.29 bits per heavy atom. The van der Waals surface area contributed by atoms with E-state index in [1.807, 2.05) is 13.8 Å². The van der Waals surface area contributed by atoms with Crippen LogP contribution in [0.4, 0.5) is 0 Å². The van der Waals surface area contributed by atoms with Gasteiger partial charge in [0.05, 0.1) is 19.3 Å². The van der Waals surface area contributed by atoms with E-state index < -0.39 is 5.97 Å². The molecule has 0 radical (unpaired) electrons. The summed E-state index contributed by atoms with van der Waals surface area (Å²) >= 11 is 0. The first kappa shape index (κ1) is 13.6. The van der Waals surface area contributed by atoms with Gasteiger partial charge < -0.3 is 15.5 Å². The van der Waals surface area contributed by atoms with Gasteiger partial charge in [-0.1, -0.05) is 19.1 Å². The summed E-state index contributed by atoms with van der Waals surface area (Å²) in [7, 11) is 0. The van der Waals surface area contributed by atoms with Crippen LogP contribution in [0, 0.1) is 5.92 Å². The van der Waals surface area contributed by atoms with Gasteiger partial charge in [0.1, 0.15) is 0 Å². The minimum absolute atomic E-state index is 0.0393. The zero-order valence-electron chi connectivity index (χ0n) is 10.00. The van der Waals surface area contributed by atoms with E-state index in [9.17, 15) is 4.79 Å². The molecule has 1 unspecified atom stereocenters. The highest BCUT2D eigenvalue weighted by atomic mass is 16.4. The van der Waals surface area contributed by atoms with Gasteiger partial charge in [0.25, 0.3) is 0 Å². The number of aromatic carboxylic acids is 1. The molecule has 0 aromatic carbocycles. The van der Waals surface area contributed by atoms with E-state index >= 15 is 0 Å². The van der Waals surface area contributed by atoms with Crippen LogP contribution in [0.2, 0.25) is 0 Å².